The second-order valence-electron chi connectivity index (χ2n) is 8.22. The van der Waals surface area contributed by atoms with Crippen molar-refractivity contribution in [2.75, 3.05) is 5.32 Å². The summed E-state index contributed by atoms with van der Waals surface area (Å²) in [6.07, 6.45) is 7.38. The molecule has 0 bridgehead atoms. The number of fused-ring (bicyclic) bond motifs is 2. The van der Waals surface area contributed by atoms with Gasteiger partial charge in [0.05, 0.1) is 22.5 Å². The van der Waals surface area contributed by atoms with Crippen molar-refractivity contribution in [3.05, 3.63) is 65.9 Å². The largest absolute Gasteiger partial charge is 0.490 e. The van der Waals surface area contributed by atoms with Gasteiger partial charge in [0.1, 0.15) is 11.6 Å². The van der Waals surface area contributed by atoms with E-state index in [1.807, 2.05) is 42.6 Å². The van der Waals surface area contributed by atoms with Gasteiger partial charge in [-0.05, 0) is 55.5 Å². The van der Waals surface area contributed by atoms with Gasteiger partial charge in [0, 0.05) is 17.9 Å². The third-order valence-electron chi connectivity index (χ3n) is 6.17. The van der Waals surface area contributed by atoms with E-state index >= 15 is 0 Å². The van der Waals surface area contributed by atoms with Crippen molar-refractivity contribution in [1.82, 2.24) is 14.8 Å². The molecule has 1 atom stereocenters. The number of para-hydroxylation sites is 1. The van der Waals surface area contributed by atoms with Gasteiger partial charge in [-0.1, -0.05) is 35.6 Å². The molecule has 1 aliphatic carbocycles. The van der Waals surface area contributed by atoms with Gasteiger partial charge in [0.15, 0.2) is 0 Å². The molecule has 2 aliphatic rings. The van der Waals surface area contributed by atoms with Crippen molar-refractivity contribution in [1.29, 1.82) is 0 Å². The van der Waals surface area contributed by atoms with Gasteiger partial charge < -0.3 is 10.1 Å². The van der Waals surface area contributed by atoms with Crippen LogP contribution in [0.5, 0.6) is 5.75 Å². The Kier molecular flexibility index (Phi) is 4.49. The average Bonchev–Trinajstić information content (AvgIpc) is 3.53. The van der Waals surface area contributed by atoms with Crippen LogP contribution in [0.2, 0.25) is 0 Å². The number of anilines is 1. The molecule has 1 fully saturated rings. The minimum atomic E-state index is -0.0348. The van der Waals surface area contributed by atoms with Gasteiger partial charge in [-0.2, -0.15) is 9.78 Å². The fourth-order valence-corrected chi connectivity index (χ4v) is 5.52. The molecule has 0 spiro atoms. The summed E-state index contributed by atoms with van der Waals surface area (Å²) in [5.74, 6) is 1.58. The quantitative estimate of drug-likeness (QED) is 0.478. The van der Waals surface area contributed by atoms with Crippen molar-refractivity contribution in [2.24, 2.45) is 0 Å². The Morgan fingerprint density at radius 1 is 1.06 bits per heavy atom. The third kappa shape index (κ3) is 3.39. The molecule has 7 heteroatoms. The summed E-state index contributed by atoms with van der Waals surface area (Å²) in [5.41, 5.74) is 3.05. The average molecular weight is 431 g/mol. The lowest BCUT2D eigenvalue weighted by molar-refractivity contribution is -0.116. The summed E-state index contributed by atoms with van der Waals surface area (Å²) in [4.78, 5) is 17.3. The molecule has 1 saturated carbocycles. The lowest BCUT2D eigenvalue weighted by atomic mass is 9.87. The Morgan fingerprint density at radius 3 is 2.68 bits per heavy atom. The first-order valence-electron chi connectivity index (χ1n) is 10.7. The first-order valence-corrected chi connectivity index (χ1v) is 11.6. The Balaban J connectivity index is 1.32. The molecule has 0 saturated heterocycles. The van der Waals surface area contributed by atoms with E-state index in [4.69, 9.17) is 9.72 Å². The van der Waals surface area contributed by atoms with E-state index in [0.717, 1.165) is 45.1 Å². The fraction of sp³-hybridized carbons (Fsp3) is 0.292. The molecular weight excluding hydrogens is 408 g/mol. The summed E-state index contributed by atoms with van der Waals surface area (Å²) in [6, 6.07) is 16.2. The molecule has 1 N–H and O–H groups in total. The van der Waals surface area contributed by atoms with Crippen LogP contribution in [0.25, 0.3) is 15.3 Å². The van der Waals surface area contributed by atoms with Crippen LogP contribution in [0.3, 0.4) is 0 Å². The van der Waals surface area contributed by atoms with Crippen molar-refractivity contribution < 1.29 is 9.53 Å². The number of rotatable bonds is 4. The van der Waals surface area contributed by atoms with Gasteiger partial charge in [-0.3, -0.25) is 4.79 Å². The van der Waals surface area contributed by atoms with Gasteiger partial charge in [0.25, 0.3) is 0 Å². The van der Waals surface area contributed by atoms with E-state index in [9.17, 15) is 4.79 Å². The molecule has 6 nitrogen and oxygen atoms in total. The SMILES string of the molecule is O=C1C[C@H](c2ccc(OC3CCCC3)cc2)c2cnn(-c3nc4ccccc4s3)c2N1. The van der Waals surface area contributed by atoms with Crippen LogP contribution in [0.4, 0.5) is 5.82 Å². The minimum absolute atomic E-state index is 0.00774. The normalized spacial score (nSPS) is 18.8. The molecule has 1 amide bonds. The van der Waals surface area contributed by atoms with Gasteiger partial charge in [-0.15, -0.1) is 0 Å². The van der Waals surface area contributed by atoms with Crippen LogP contribution < -0.4 is 10.1 Å². The van der Waals surface area contributed by atoms with E-state index in [-0.39, 0.29) is 11.8 Å². The summed E-state index contributed by atoms with van der Waals surface area (Å²) < 4.78 is 8.94. The van der Waals surface area contributed by atoms with E-state index in [1.165, 1.54) is 12.8 Å². The second kappa shape index (κ2) is 7.50. The Bertz CT molecular complexity index is 1220. The number of hydrogen-bond acceptors (Lipinski definition) is 5. The predicted octanol–water partition coefficient (Wildman–Crippen LogP) is 5.28. The molecule has 31 heavy (non-hydrogen) atoms. The zero-order valence-corrected chi connectivity index (χ0v) is 17.8. The van der Waals surface area contributed by atoms with Crippen LogP contribution in [0.1, 0.15) is 49.1 Å². The highest BCUT2D eigenvalue weighted by Crippen LogP contribution is 2.39. The number of hydrogen-bond donors (Lipinski definition) is 1. The topological polar surface area (TPSA) is 69.0 Å². The van der Waals surface area contributed by atoms with Crippen LogP contribution in [-0.2, 0) is 4.79 Å². The molecule has 2 aromatic heterocycles. The second-order valence-corrected chi connectivity index (χ2v) is 9.23. The summed E-state index contributed by atoms with van der Waals surface area (Å²) in [7, 11) is 0. The summed E-state index contributed by atoms with van der Waals surface area (Å²) in [5, 5.41) is 8.35. The lowest BCUT2D eigenvalue weighted by Crippen LogP contribution is -2.24. The number of thiazole rings is 1. The van der Waals surface area contributed by atoms with Crippen molar-refractivity contribution >= 4 is 33.3 Å². The monoisotopic (exact) mass is 430 g/mol. The molecule has 3 heterocycles. The fourth-order valence-electron chi connectivity index (χ4n) is 4.59. The van der Waals surface area contributed by atoms with Crippen LogP contribution in [0, 0.1) is 0 Å². The molecule has 4 aromatic rings. The molecule has 2 aromatic carbocycles. The van der Waals surface area contributed by atoms with Crippen LogP contribution in [0.15, 0.2) is 54.7 Å². The van der Waals surface area contributed by atoms with Crippen LogP contribution in [-0.4, -0.2) is 26.8 Å². The number of nitrogens with one attached hydrogen (secondary N) is 1. The maximum Gasteiger partial charge on any atom is 0.226 e. The number of amides is 1. The number of carbonyl (C=O) groups excluding carboxylic acids is 1. The third-order valence-corrected chi connectivity index (χ3v) is 7.18. The highest BCUT2D eigenvalue weighted by molar-refractivity contribution is 7.20. The van der Waals surface area contributed by atoms with Crippen molar-refractivity contribution in [3.8, 4) is 10.9 Å². The zero-order valence-electron chi connectivity index (χ0n) is 17.0. The smallest absolute Gasteiger partial charge is 0.226 e. The van der Waals surface area contributed by atoms with E-state index in [2.05, 4.69) is 22.5 Å². The summed E-state index contributed by atoms with van der Waals surface area (Å²) >= 11 is 1.56. The summed E-state index contributed by atoms with van der Waals surface area (Å²) in [6.45, 7) is 0. The number of benzene rings is 2. The number of aromatic nitrogens is 3. The molecule has 0 unspecified atom stereocenters. The Hall–Kier alpha value is -3.19. The number of nitrogens with zero attached hydrogens (tertiary/aromatic N) is 3. The van der Waals surface area contributed by atoms with Crippen molar-refractivity contribution in [3.63, 3.8) is 0 Å². The molecular formula is C24H22N4O2S. The van der Waals surface area contributed by atoms with Gasteiger partial charge >= 0.3 is 0 Å². The number of ether oxygens (including phenoxy) is 1. The Morgan fingerprint density at radius 2 is 1.87 bits per heavy atom. The standard InChI is InChI=1S/C24H22N4O2S/c29-22-13-18(15-9-11-17(12-10-15)30-16-5-1-2-6-16)19-14-25-28(23(19)27-22)24-26-20-7-3-4-8-21(20)31-24/h3-4,7-12,14,16,18H,1-2,5-6,13H2,(H,27,29)/t18-/m1/s1. The first-order chi connectivity index (χ1) is 15.2. The highest BCUT2D eigenvalue weighted by Gasteiger charge is 2.31. The predicted molar refractivity (Wildman–Crippen MR) is 121 cm³/mol. The van der Waals surface area contributed by atoms with E-state index in [0.29, 0.717) is 18.3 Å². The molecule has 156 valence electrons. The van der Waals surface area contributed by atoms with Gasteiger partial charge in [0.2, 0.25) is 11.0 Å². The molecule has 1 aliphatic heterocycles. The number of carbonyl (C=O) groups is 1. The first kappa shape index (κ1) is 18.6. The molecule has 0 radical (unpaired) electrons. The van der Waals surface area contributed by atoms with Crippen molar-refractivity contribution in [2.45, 2.75) is 44.1 Å². The zero-order chi connectivity index (χ0) is 20.8. The molecule has 6 rings (SSSR count). The lowest BCUT2D eigenvalue weighted by Gasteiger charge is -2.23. The van der Waals surface area contributed by atoms with Gasteiger partial charge in [-0.25, -0.2) is 4.98 Å². The maximum atomic E-state index is 12.6. The minimum Gasteiger partial charge on any atom is -0.490 e. The Labute approximate surface area is 183 Å². The van der Waals surface area contributed by atoms with E-state index in [1.54, 1.807) is 16.0 Å². The van der Waals surface area contributed by atoms with Crippen LogP contribution >= 0.6 is 11.3 Å². The highest BCUT2D eigenvalue weighted by atomic mass is 32.1. The van der Waals surface area contributed by atoms with E-state index < -0.39 is 0 Å². The maximum absolute atomic E-state index is 12.6.